The Hall–Kier alpha value is -3.73. The van der Waals surface area contributed by atoms with Gasteiger partial charge in [0.1, 0.15) is 11.1 Å². The highest BCUT2D eigenvalue weighted by Crippen LogP contribution is 2.31. The van der Waals surface area contributed by atoms with Crippen LogP contribution in [-0.2, 0) is 44.8 Å². The van der Waals surface area contributed by atoms with E-state index < -0.39 is 23.2 Å². The van der Waals surface area contributed by atoms with Gasteiger partial charge in [-0.05, 0) is 58.6 Å². The highest BCUT2D eigenvalue weighted by Gasteiger charge is 2.47. The highest BCUT2D eigenvalue weighted by atomic mass is 16.7. The molecule has 0 aliphatic carbocycles. The van der Waals surface area contributed by atoms with Crippen molar-refractivity contribution in [1.29, 1.82) is 0 Å². The molecular formula is C28H41N3O9. The second kappa shape index (κ2) is 17.1. The molecule has 0 aromatic heterocycles. The summed E-state index contributed by atoms with van der Waals surface area (Å²) >= 11 is 0. The molecule has 0 unspecified atom stereocenters. The van der Waals surface area contributed by atoms with Crippen molar-refractivity contribution in [3.05, 3.63) is 47.7 Å². The summed E-state index contributed by atoms with van der Waals surface area (Å²) in [7, 11) is 1.58. The van der Waals surface area contributed by atoms with Crippen molar-refractivity contribution in [1.82, 2.24) is 4.90 Å². The van der Waals surface area contributed by atoms with E-state index in [0.717, 1.165) is 5.56 Å². The number of carbonyl (C=O) groups excluding carboxylic acids is 4. The molecule has 0 spiro atoms. The maximum absolute atomic E-state index is 13.0. The van der Waals surface area contributed by atoms with Crippen LogP contribution in [0.3, 0.4) is 0 Å². The number of likely N-dealkylation sites (N-methyl/N-ethyl adjacent to an activating group) is 1. The summed E-state index contributed by atoms with van der Waals surface area (Å²) < 4.78 is 22.5. The predicted molar refractivity (Wildman–Crippen MR) is 145 cm³/mol. The number of amidine groups is 1. The zero-order chi connectivity index (χ0) is 30.2. The third-order valence-electron chi connectivity index (χ3n) is 5.75. The Bertz CT molecular complexity index is 1020. The molecule has 12 nitrogen and oxygen atoms in total. The standard InChI is InChI=1S/C27H41N3O7.CO2/c1-7-12-22(23(31)34-8-2)37-29-24(28)27(30(6)25(32)36-26(3,4)5)16-15-21(35-19-27)18-33-17-20-13-10-9-11-14-20;2-1-3/h9-14,21H,7-8,15-19H2,1-6H3,(H2,28,29);/b22-12+;/t21-,27+;/m1./s1. The number of hydrogen-bond acceptors (Lipinski definition) is 10. The van der Waals surface area contributed by atoms with Gasteiger partial charge in [0, 0.05) is 7.05 Å². The maximum Gasteiger partial charge on any atom is 0.410 e. The van der Waals surface area contributed by atoms with Crippen molar-refractivity contribution in [2.75, 3.05) is 26.9 Å². The lowest BCUT2D eigenvalue weighted by Gasteiger charge is -2.45. The Morgan fingerprint density at radius 1 is 1.23 bits per heavy atom. The Morgan fingerprint density at radius 2 is 1.88 bits per heavy atom. The van der Waals surface area contributed by atoms with E-state index in [-0.39, 0.29) is 37.1 Å². The molecule has 0 saturated carbocycles. The minimum atomic E-state index is -1.15. The van der Waals surface area contributed by atoms with Gasteiger partial charge in [-0.1, -0.05) is 42.4 Å². The Kier molecular flexibility index (Phi) is 14.6. The Labute approximate surface area is 235 Å². The van der Waals surface area contributed by atoms with Crippen LogP contribution in [0.15, 0.2) is 47.3 Å². The molecule has 1 aliphatic rings. The van der Waals surface area contributed by atoms with Crippen LogP contribution in [0.5, 0.6) is 0 Å². The zero-order valence-electron chi connectivity index (χ0n) is 24.1. The number of nitrogens with zero attached hydrogens (tertiary/aromatic N) is 2. The molecule has 1 aliphatic heterocycles. The fraction of sp³-hybridized carbons (Fsp3) is 0.571. The van der Waals surface area contributed by atoms with E-state index in [1.807, 2.05) is 37.3 Å². The van der Waals surface area contributed by atoms with Crippen molar-refractivity contribution in [3.63, 3.8) is 0 Å². The lowest BCUT2D eigenvalue weighted by Crippen LogP contribution is -2.64. The number of rotatable bonds is 11. The number of esters is 1. The van der Waals surface area contributed by atoms with Crippen LogP contribution in [0.2, 0.25) is 0 Å². The summed E-state index contributed by atoms with van der Waals surface area (Å²) in [4.78, 5) is 48.2. The van der Waals surface area contributed by atoms with Crippen LogP contribution >= 0.6 is 0 Å². The smallest absolute Gasteiger partial charge is 0.410 e. The molecule has 40 heavy (non-hydrogen) atoms. The first kappa shape index (κ1) is 34.3. The Balaban J connectivity index is 0.00000254. The van der Waals surface area contributed by atoms with E-state index in [2.05, 4.69) is 5.16 Å². The molecule has 1 saturated heterocycles. The van der Waals surface area contributed by atoms with Crippen molar-refractivity contribution < 1.29 is 43.0 Å². The normalized spacial score (nSPS) is 19.4. The number of hydrogen-bond donors (Lipinski definition) is 1. The minimum Gasteiger partial charge on any atom is -0.460 e. The summed E-state index contributed by atoms with van der Waals surface area (Å²) in [5.74, 6) is -0.743. The number of oxime groups is 1. The molecule has 1 aromatic carbocycles. The molecule has 1 fully saturated rings. The number of allylic oxidation sites excluding steroid dienone is 1. The van der Waals surface area contributed by atoms with Crippen LogP contribution in [-0.4, -0.2) is 73.1 Å². The summed E-state index contributed by atoms with van der Waals surface area (Å²) in [6.07, 6.45) is 2.53. The predicted octanol–water partition coefficient (Wildman–Crippen LogP) is 3.55. The lowest BCUT2D eigenvalue weighted by molar-refractivity contribution is -0.191. The van der Waals surface area contributed by atoms with Gasteiger partial charge in [0.05, 0.1) is 32.5 Å². The monoisotopic (exact) mass is 563 g/mol. The number of benzene rings is 1. The largest absolute Gasteiger partial charge is 0.460 e. The molecule has 2 rings (SSSR count). The highest BCUT2D eigenvalue weighted by molar-refractivity contribution is 5.93. The van der Waals surface area contributed by atoms with Gasteiger partial charge in [-0.3, -0.25) is 4.90 Å². The van der Waals surface area contributed by atoms with Gasteiger partial charge in [0.25, 0.3) is 0 Å². The molecule has 2 N–H and O–H groups in total. The number of carbonyl (C=O) groups is 2. The lowest BCUT2D eigenvalue weighted by atomic mass is 9.87. The van der Waals surface area contributed by atoms with Crippen LogP contribution in [0.25, 0.3) is 0 Å². The van der Waals surface area contributed by atoms with Crippen molar-refractivity contribution in [3.8, 4) is 0 Å². The van der Waals surface area contributed by atoms with Gasteiger partial charge in [0.15, 0.2) is 5.84 Å². The summed E-state index contributed by atoms with van der Waals surface area (Å²) in [6, 6.07) is 9.88. The second-order valence-corrected chi connectivity index (χ2v) is 9.89. The van der Waals surface area contributed by atoms with Gasteiger partial charge in [-0.15, -0.1) is 0 Å². The quantitative estimate of drug-likeness (QED) is 0.105. The number of amides is 1. The molecule has 12 heteroatoms. The van der Waals surface area contributed by atoms with E-state index in [0.29, 0.717) is 32.5 Å². The first-order chi connectivity index (χ1) is 18.9. The molecule has 222 valence electrons. The third kappa shape index (κ3) is 11.2. The first-order valence-corrected chi connectivity index (χ1v) is 13.0. The zero-order valence-corrected chi connectivity index (χ0v) is 24.1. The minimum absolute atomic E-state index is 0.0178. The average molecular weight is 564 g/mol. The van der Waals surface area contributed by atoms with Gasteiger partial charge in [-0.25, -0.2) is 9.59 Å². The topological polar surface area (TPSA) is 156 Å². The molecule has 1 amide bonds. The molecule has 0 radical (unpaired) electrons. The van der Waals surface area contributed by atoms with Crippen molar-refractivity contribution >= 4 is 24.0 Å². The fourth-order valence-corrected chi connectivity index (χ4v) is 3.70. The molecular weight excluding hydrogens is 522 g/mol. The van der Waals surface area contributed by atoms with Crippen molar-refractivity contribution in [2.24, 2.45) is 10.9 Å². The average Bonchev–Trinajstić information content (AvgIpc) is 2.91. The number of nitrogens with two attached hydrogens (primary N) is 1. The van der Waals surface area contributed by atoms with E-state index in [9.17, 15) is 9.59 Å². The maximum atomic E-state index is 13.0. The van der Waals surface area contributed by atoms with Gasteiger partial charge in [-0.2, -0.15) is 9.59 Å². The fourth-order valence-electron chi connectivity index (χ4n) is 3.70. The second-order valence-electron chi connectivity index (χ2n) is 9.89. The summed E-state index contributed by atoms with van der Waals surface area (Å²) in [5.41, 5.74) is 5.63. The van der Waals surface area contributed by atoms with Crippen LogP contribution in [0, 0.1) is 0 Å². The molecule has 2 atom stereocenters. The van der Waals surface area contributed by atoms with Gasteiger partial charge < -0.3 is 29.5 Å². The van der Waals surface area contributed by atoms with E-state index in [1.165, 1.54) is 4.90 Å². The summed E-state index contributed by atoms with van der Waals surface area (Å²) in [5, 5.41) is 4.03. The Morgan fingerprint density at radius 3 is 2.40 bits per heavy atom. The molecule has 1 heterocycles. The third-order valence-corrected chi connectivity index (χ3v) is 5.75. The van der Waals surface area contributed by atoms with Gasteiger partial charge >= 0.3 is 18.2 Å². The summed E-state index contributed by atoms with van der Waals surface area (Å²) in [6.45, 7) is 10.00. The van der Waals surface area contributed by atoms with Crippen molar-refractivity contribution in [2.45, 2.75) is 77.7 Å². The van der Waals surface area contributed by atoms with Crippen LogP contribution in [0.4, 0.5) is 4.79 Å². The van der Waals surface area contributed by atoms with E-state index >= 15 is 0 Å². The molecule has 1 aromatic rings. The van der Waals surface area contributed by atoms with E-state index in [1.54, 1.807) is 40.8 Å². The van der Waals surface area contributed by atoms with Gasteiger partial charge in [0.2, 0.25) is 5.76 Å². The van der Waals surface area contributed by atoms with Crippen LogP contribution < -0.4 is 5.73 Å². The molecule has 0 bridgehead atoms. The van der Waals surface area contributed by atoms with Crippen LogP contribution in [0.1, 0.15) is 59.4 Å². The SMILES string of the molecule is CC/C=C(/O/N=C(\N)[C@]1(N(C)C(=O)OC(C)(C)C)CC[C@H](COCc2ccccc2)OC1)C(=O)OCC.O=C=O. The first-order valence-electron chi connectivity index (χ1n) is 13.0. The number of ether oxygens (including phenoxy) is 4. The van der Waals surface area contributed by atoms with E-state index in [4.69, 9.17) is 39.1 Å².